The number of rotatable bonds is 6. The Balaban J connectivity index is 1.75. The molecule has 2 amide bonds. The lowest BCUT2D eigenvalue weighted by molar-refractivity contribution is 0.105. The molecule has 1 atom stereocenters. The van der Waals surface area contributed by atoms with Gasteiger partial charge in [0.15, 0.2) is 0 Å². The van der Waals surface area contributed by atoms with Crippen molar-refractivity contribution < 1.29 is 9.53 Å². The average molecular weight is 294 g/mol. The van der Waals surface area contributed by atoms with Crippen LogP contribution in [-0.2, 0) is 4.74 Å². The van der Waals surface area contributed by atoms with E-state index in [4.69, 9.17) is 4.74 Å². The second-order valence-electron chi connectivity index (χ2n) is 4.73. The Kier molecular flexibility index (Phi) is 6.21. The third-order valence-corrected chi connectivity index (χ3v) is 4.17. The van der Waals surface area contributed by atoms with Gasteiger partial charge in [0.1, 0.15) is 0 Å². The van der Waals surface area contributed by atoms with E-state index < -0.39 is 0 Å². The molecule has 1 heterocycles. The van der Waals surface area contributed by atoms with Crippen LogP contribution in [-0.4, -0.2) is 31.0 Å². The number of benzene rings is 1. The molecule has 20 heavy (non-hydrogen) atoms. The second kappa shape index (κ2) is 8.17. The fourth-order valence-electron chi connectivity index (χ4n) is 2.24. The van der Waals surface area contributed by atoms with Crippen molar-refractivity contribution in [2.24, 2.45) is 0 Å². The Bertz CT molecular complexity index is 434. The van der Waals surface area contributed by atoms with Crippen molar-refractivity contribution in [3.8, 4) is 0 Å². The fraction of sp³-hybridized carbons (Fsp3) is 0.533. The fourth-order valence-corrected chi connectivity index (χ4v) is 3.00. The van der Waals surface area contributed by atoms with Crippen molar-refractivity contribution in [1.82, 2.24) is 5.32 Å². The molecule has 1 aromatic rings. The molecule has 1 saturated heterocycles. The van der Waals surface area contributed by atoms with Gasteiger partial charge in [-0.1, -0.05) is 19.1 Å². The summed E-state index contributed by atoms with van der Waals surface area (Å²) < 4.78 is 5.53. The molecule has 0 aromatic heterocycles. The number of nitrogens with one attached hydrogen (secondary N) is 2. The van der Waals surface area contributed by atoms with Crippen molar-refractivity contribution >= 4 is 23.5 Å². The van der Waals surface area contributed by atoms with Gasteiger partial charge in [0.05, 0.1) is 11.8 Å². The maximum absolute atomic E-state index is 11.9. The molecule has 1 aliphatic heterocycles. The second-order valence-corrected chi connectivity index (χ2v) is 6.04. The van der Waals surface area contributed by atoms with Crippen LogP contribution in [0.15, 0.2) is 29.2 Å². The van der Waals surface area contributed by atoms with Crippen molar-refractivity contribution in [3.05, 3.63) is 24.3 Å². The van der Waals surface area contributed by atoms with Gasteiger partial charge in [-0.05, 0) is 37.1 Å². The molecule has 1 aliphatic rings. The SMILES string of the molecule is CCSc1ccccc1NC(=O)NCC[C@H]1CCCO1. The maximum Gasteiger partial charge on any atom is 0.319 e. The molecule has 4 nitrogen and oxygen atoms in total. The zero-order valence-corrected chi connectivity index (χ0v) is 12.7. The van der Waals surface area contributed by atoms with E-state index in [1.54, 1.807) is 11.8 Å². The number of hydrogen-bond donors (Lipinski definition) is 2. The third-order valence-electron chi connectivity index (χ3n) is 3.21. The van der Waals surface area contributed by atoms with Gasteiger partial charge in [-0.2, -0.15) is 0 Å². The first-order valence-electron chi connectivity index (χ1n) is 7.18. The highest BCUT2D eigenvalue weighted by molar-refractivity contribution is 7.99. The minimum Gasteiger partial charge on any atom is -0.378 e. The number of thioether (sulfide) groups is 1. The van der Waals surface area contributed by atoms with Crippen LogP contribution >= 0.6 is 11.8 Å². The first kappa shape index (κ1) is 15.2. The molecule has 0 spiro atoms. The largest absolute Gasteiger partial charge is 0.378 e. The number of hydrogen-bond acceptors (Lipinski definition) is 3. The molecule has 1 aromatic carbocycles. The number of anilines is 1. The predicted octanol–water partition coefficient (Wildman–Crippen LogP) is 3.49. The molecular weight excluding hydrogens is 272 g/mol. The van der Waals surface area contributed by atoms with Gasteiger partial charge in [-0.25, -0.2) is 4.79 Å². The Morgan fingerprint density at radius 1 is 1.45 bits per heavy atom. The summed E-state index contributed by atoms with van der Waals surface area (Å²) in [5.74, 6) is 0.985. The van der Waals surface area contributed by atoms with E-state index in [1.165, 1.54) is 0 Å². The summed E-state index contributed by atoms with van der Waals surface area (Å²) in [6.45, 7) is 3.61. The van der Waals surface area contributed by atoms with E-state index in [9.17, 15) is 4.79 Å². The van der Waals surface area contributed by atoms with Crippen molar-refractivity contribution in [2.75, 3.05) is 24.2 Å². The maximum atomic E-state index is 11.9. The summed E-state index contributed by atoms with van der Waals surface area (Å²) in [5.41, 5.74) is 0.869. The summed E-state index contributed by atoms with van der Waals surface area (Å²) >= 11 is 1.73. The predicted molar refractivity (Wildman–Crippen MR) is 83.5 cm³/mol. The molecule has 0 unspecified atom stereocenters. The Morgan fingerprint density at radius 2 is 2.30 bits per heavy atom. The Morgan fingerprint density at radius 3 is 3.05 bits per heavy atom. The van der Waals surface area contributed by atoms with Gasteiger partial charge >= 0.3 is 6.03 Å². The number of carbonyl (C=O) groups excluding carboxylic acids is 1. The molecule has 2 N–H and O–H groups in total. The topological polar surface area (TPSA) is 50.4 Å². The molecule has 2 rings (SSSR count). The van der Waals surface area contributed by atoms with E-state index >= 15 is 0 Å². The van der Waals surface area contributed by atoms with Gasteiger partial charge < -0.3 is 15.4 Å². The number of amides is 2. The molecule has 5 heteroatoms. The first-order valence-corrected chi connectivity index (χ1v) is 8.16. The Labute approximate surface area is 124 Å². The summed E-state index contributed by atoms with van der Waals surface area (Å²) in [7, 11) is 0. The van der Waals surface area contributed by atoms with Gasteiger partial charge in [0.25, 0.3) is 0 Å². The van der Waals surface area contributed by atoms with Crippen molar-refractivity contribution in [2.45, 2.75) is 37.2 Å². The summed E-state index contributed by atoms with van der Waals surface area (Å²) in [6, 6.07) is 7.72. The quantitative estimate of drug-likeness (QED) is 0.790. The van der Waals surface area contributed by atoms with Crippen molar-refractivity contribution in [3.63, 3.8) is 0 Å². The van der Waals surface area contributed by atoms with Gasteiger partial charge in [-0.3, -0.25) is 0 Å². The first-order chi connectivity index (χ1) is 9.79. The van der Waals surface area contributed by atoms with Crippen LogP contribution in [0.1, 0.15) is 26.2 Å². The molecular formula is C15H22N2O2S. The van der Waals surface area contributed by atoms with Gasteiger partial charge in [0.2, 0.25) is 0 Å². The lowest BCUT2D eigenvalue weighted by Crippen LogP contribution is -2.31. The number of carbonyl (C=O) groups is 1. The minimum absolute atomic E-state index is 0.146. The van der Waals surface area contributed by atoms with Gasteiger partial charge in [-0.15, -0.1) is 11.8 Å². The Hall–Kier alpha value is -1.20. The number of para-hydroxylation sites is 1. The lowest BCUT2D eigenvalue weighted by atomic mass is 10.2. The lowest BCUT2D eigenvalue weighted by Gasteiger charge is -2.12. The third kappa shape index (κ3) is 4.72. The highest BCUT2D eigenvalue weighted by atomic mass is 32.2. The summed E-state index contributed by atoms with van der Waals surface area (Å²) in [5, 5.41) is 5.80. The summed E-state index contributed by atoms with van der Waals surface area (Å²) in [4.78, 5) is 13.0. The van der Waals surface area contributed by atoms with Gasteiger partial charge in [0, 0.05) is 18.0 Å². The number of ether oxygens (including phenoxy) is 1. The van der Waals surface area contributed by atoms with Crippen LogP contribution in [0.4, 0.5) is 10.5 Å². The zero-order valence-electron chi connectivity index (χ0n) is 11.9. The van der Waals surface area contributed by atoms with E-state index in [0.29, 0.717) is 12.6 Å². The van der Waals surface area contributed by atoms with Crippen LogP contribution in [0.5, 0.6) is 0 Å². The zero-order chi connectivity index (χ0) is 14.2. The van der Waals surface area contributed by atoms with E-state index in [2.05, 4.69) is 17.6 Å². The molecule has 110 valence electrons. The molecule has 0 saturated carbocycles. The number of urea groups is 1. The van der Waals surface area contributed by atoms with Crippen LogP contribution < -0.4 is 10.6 Å². The highest BCUT2D eigenvalue weighted by Crippen LogP contribution is 2.26. The normalized spacial score (nSPS) is 17.9. The molecule has 0 aliphatic carbocycles. The summed E-state index contributed by atoms with van der Waals surface area (Å²) in [6.07, 6.45) is 3.45. The van der Waals surface area contributed by atoms with Crippen LogP contribution in [0, 0.1) is 0 Å². The van der Waals surface area contributed by atoms with Crippen molar-refractivity contribution in [1.29, 1.82) is 0 Å². The highest BCUT2D eigenvalue weighted by Gasteiger charge is 2.15. The average Bonchev–Trinajstić information content (AvgIpc) is 2.94. The monoisotopic (exact) mass is 294 g/mol. The standard InChI is InChI=1S/C15H22N2O2S/c1-2-20-14-8-4-3-7-13(14)17-15(18)16-10-9-12-6-5-11-19-12/h3-4,7-8,12H,2,5-6,9-11H2,1H3,(H2,16,17,18)/t12-/m1/s1. The molecule has 0 bridgehead atoms. The van der Waals surface area contributed by atoms with Crippen LogP contribution in [0.3, 0.4) is 0 Å². The molecule has 1 fully saturated rings. The minimum atomic E-state index is -0.146. The van der Waals surface area contributed by atoms with Crippen LogP contribution in [0.2, 0.25) is 0 Å². The van der Waals surface area contributed by atoms with E-state index in [1.807, 2.05) is 24.3 Å². The van der Waals surface area contributed by atoms with E-state index in [-0.39, 0.29) is 6.03 Å². The molecule has 0 radical (unpaired) electrons. The van der Waals surface area contributed by atoms with Crippen LogP contribution in [0.25, 0.3) is 0 Å². The van der Waals surface area contributed by atoms with E-state index in [0.717, 1.165) is 42.2 Å². The smallest absolute Gasteiger partial charge is 0.319 e.